The first-order valence-corrected chi connectivity index (χ1v) is 19.6. The molecule has 0 amide bonds. The van der Waals surface area contributed by atoms with E-state index in [1.54, 1.807) is 5.01 Å². The van der Waals surface area contributed by atoms with Gasteiger partial charge in [-0.15, -0.1) is 0 Å². The van der Waals surface area contributed by atoms with Gasteiger partial charge in [0.05, 0.1) is 17.4 Å². The highest BCUT2D eigenvalue weighted by Gasteiger charge is 2.43. The number of hydrogen-bond donors (Lipinski definition) is 2. The van der Waals surface area contributed by atoms with Crippen LogP contribution in [-0.2, 0) is 10.8 Å². The van der Waals surface area contributed by atoms with Crippen LogP contribution >= 0.6 is 0 Å². The molecule has 4 aromatic rings. The number of benzene rings is 4. The van der Waals surface area contributed by atoms with Crippen molar-refractivity contribution in [1.82, 2.24) is 5.01 Å². The van der Waals surface area contributed by atoms with Crippen LogP contribution in [0.15, 0.2) is 144 Å². The number of hydrazine groups is 1. The Balaban J connectivity index is 1.32. The Labute approximate surface area is 317 Å². The molecule has 0 spiro atoms. The number of fused-ring (bicyclic) bond motifs is 3. The van der Waals surface area contributed by atoms with Crippen molar-refractivity contribution < 1.29 is 0 Å². The van der Waals surface area contributed by atoms with Crippen molar-refractivity contribution in [2.75, 3.05) is 22.9 Å². The van der Waals surface area contributed by atoms with E-state index in [4.69, 9.17) is 11.6 Å². The predicted molar refractivity (Wildman–Crippen MR) is 226 cm³/mol. The van der Waals surface area contributed by atoms with Crippen molar-refractivity contribution in [1.29, 1.82) is 0 Å². The summed E-state index contributed by atoms with van der Waals surface area (Å²) in [5, 5.41) is 4.15. The molecular formula is C48H57N5. The summed E-state index contributed by atoms with van der Waals surface area (Å²) in [6, 6.07) is 32.8. The van der Waals surface area contributed by atoms with Gasteiger partial charge in [-0.3, -0.25) is 5.01 Å². The average Bonchev–Trinajstić information content (AvgIpc) is 3.51. The summed E-state index contributed by atoms with van der Waals surface area (Å²) in [7, 11) is 0. The van der Waals surface area contributed by atoms with E-state index in [-0.39, 0.29) is 16.9 Å². The zero-order chi connectivity index (χ0) is 37.3. The third-order valence-corrected chi connectivity index (χ3v) is 11.7. The summed E-state index contributed by atoms with van der Waals surface area (Å²) < 4.78 is 0. The van der Waals surface area contributed by atoms with Gasteiger partial charge >= 0.3 is 0 Å². The number of anilines is 2. The quantitative estimate of drug-likeness (QED) is 0.127. The first kappa shape index (κ1) is 36.4. The van der Waals surface area contributed by atoms with Gasteiger partial charge in [0.15, 0.2) is 0 Å². The Morgan fingerprint density at radius 2 is 1.47 bits per heavy atom. The topological polar surface area (TPSA) is 61.8 Å². The van der Waals surface area contributed by atoms with Crippen molar-refractivity contribution >= 4 is 27.8 Å². The highest BCUT2D eigenvalue weighted by atomic mass is 15.4. The van der Waals surface area contributed by atoms with Gasteiger partial charge in [0.2, 0.25) is 0 Å². The van der Waals surface area contributed by atoms with Crippen LogP contribution in [0.25, 0.3) is 16.5 Å². The number of hydrogen-bond acceptors (Lipinski definition) is 5. The normalized spacial score (nSPS) is 21.0. The molecule has 1 atom stereocenters. The fourth-order valence-corrected chi connectivity index (χ4v) is 9.03. The zero-order valence-electron chi connectivity index (χ0n) is 32.6. The first-order chi connectivity index (χ1) is 25.6. The van der Waals surface area contributed by atoms with E-state index in [1.807, 2.05) is 6.20 Å². The molecule has 5 heteroatoms. The number of nitrogens with two attached hydrogens (primary N) is 2. The summed E-state index contributed by atoms with van der Waals surface area (Å²) in [5.74, 6) is 7.14. The maximum absolute atomic E-state index is 7.14. The Kier molecular flexibility index (Phi) is 10.1. The molecule has 0 fully saturated rings. The minimum atomic E-state index is -0.112. The van der Waals surface area contributed by atoms with Gasteiger partial charge in [0, 0.05) is 47.2 Å². The molecule has 0 saturated carbocycles. The first-order valence-electron chi connectivity index (χ1n) is 19.6. The highest BCUT2D eigenvalue weighted by Crippen LogP contribution is 2.48. The monoisotopic (exact) mass is 703 g/mol. The SMILES string of the molecule is CCCN1/C(=C/C=C2\CCCC(/C=C/C3N(CCC)c4ccccc4C3(C)C)=C2N(N)/C=C(\N)c2ccc3ccccc3c2)C(C)(C)c2ccccc21. The molecule has 1 aliphatic carbocycles. The predicted octanol–water partition coefficient (Wildman–Crippen LogP) is 10.9. The van der Waals surface area contributed by atoms with Gasteiger partial charge in [-0.2, -0.15) is 0 Å². The van der Waals surface area contributed by atoms with Crippen molar-refractivity contribution in [3.63, 3.8) is 0 Å². The molecule has 7 rings (SSSR count). The Morgan fingerprint density at radius 3 is 2.23 bits per heavy atom. The van der Waals surface area contributed by atoms with Gasteiger partial charge in [0.25, 0.3) is 0 Å². The zero-order valence-corrected chi connectivity index (χ0v) is 32.6. The molecule has 2 aliphatic heterocycles. The van der Waals surface area contributed by atoms with Crippen LogP contribution in [0.4, 0.5) is 11.4 Å². The molecule has 5 nitrogen and oxygen atoms in total. The average molecular weight is 704 g/mol. The summed E-state index contributed by atoms with van der Waals surface area (Å²) in [6.07, 6.45) is 16.5. The van der Waals surface area contributed by atoms with Crippen LogP contribution in [0.1, 0.15) is 90.3 Å². The van der Waals surface area contributed by atoms with E-state index in [0.717, 1.165) is 61.8 Å². The van der Waals surface area contributed by atoms with E-state index >= 15 is 0 Å². The lowest BCUT2D eigenvalue weighted by Crippen LogP contribution is -2.40. The van der Waals surface area contributed by atoms with Crippen LogP contribution < -0.4 is 21.4 Å². The number of rotatable bonds is 10. The lowest BCUT2D eigenvalue weighted by atomic mass is 9.80. The highest BCUT2D eigenvalue weighted by molar-refractivity contribution is 5.86. The third kappa shape index (κ3) is 6.72. The fraction of sp³-hybridized carbons (Fsp3) is 0.333. The van der Waals surface area contributed by atoms with Crippen molar-refractivity contribution in [3.8, 4) is 0 Å². The van der Waals surface area contributed by atoms with Gasteiger partial charge in [-0.1, -0.05) is 133 Å². The minimum absolute atomic E-state index is 0.0324. The number of allylic oxidation sites excluding steroid dienone is 6. The van der Waals surface area contributed by atoms with Gasteiger partial charge < -0.3 is 15.5 Å². The lowest BCUT2D eigenvalue weighted by Gasteiger charge is -2.33. The molecule has 4 N–H and O–H groups in total. The van der Waals surface area contributed by atoms with Crippen LogP contribution in [0, 0.1) is 0 Å². The molecule has 274 valence electrons. The number of nitrogens with zero attached hydrogens (tertiary/aromatic N) is 3. The Morgan fingerprint density at radius 1 is 0.792 bits per heavy atom. The molecule has 1 unspecified atom stereocenters. The molecule has 0 saturated heterocycles. The largest absolute Gasteiger partial charge is 0.397 e. The lowest BCUT2D eigenvalue weighted by molar-refractivity contribution is 0.470. The van der Waals surface area contributed by atoms with Gasteiger partial charge in [-0.05, 0) is 95.0 Å². The summed E-state index contributed by atoms with van der Waals surface area (Å²) >= 11 is 0. The van der Waals surface area contributed by atoms with Gasteiger partial charge in [-0.25, -0.2) is 5.84 Å². The molecule has 53 heavy (non-hydrogen) atoms. The van der Waals surface area contributed by atoms with Crippen molar-refractivity contribution in [3.05, 3.63) is 161 Å². The van der Waals surface area contributed by atoms with E-state index in [1.165, 1.54) is 44.7 Å². The minimum Gasteiger partial charge on any atom is -0.397 e. The second kappa shape index (κ2) is 14.8. The van der Waals surface area contributed by atoms with E-state index < -0.39 is 0 Å². The standard InChI is InChI=1S/C48H57N5/c1-7-30-51-42-22-13-11-20-39(42)47(3,4)44(51)28-26-35-18-15-19-36(27-29-45-48(5,6)40-21-12-14-23-43(40)52(45)31-8-2)46(35)53(50)33-41(49)38-25-24-34-16-9-10-17-37(34)32-38/h9-14,16-17,20-29,32-33,44H,7-8,15,18-19,30-31,49-50H2,1-6H3/b28-26+,36-27+,41-33-,45-29+. The fourth-order valence-electron chi connectivity index (χ4n) is 9.03. The van der Waals surface area contributed by atoms with E-state index in [9.17, 15) is 0 Å². The Bertz CT molecular complexity index is 2140. The molecule has 0 bridgehead atoms. The maximum atomic E-state index is 7.14. The van der Waals surface area contributed by atoms with Gasteiger partial charge in [0.1, 0.15) is 0 Å². The maximum Gasteiger partial charge on any atom is 0.0632 e. The van der Waals surface area contributed by atoms with Crippen LogP contribution in [0.3, 0.4) is 0 Å². The molecule has 2 heterocycles. The van der Waals surface area contributed by atoms with Crippen molar-refractivity contribution in [2.24, 2.45) is 11.6 Å². The van der Waals surface area contributed by atoms with Crippen molar-refractivity contribution in [2.45, 2.75) is 90.5 Å². The van der Waals surface area contributed by atoms with E-state index in [2.05, 4.69) is 167 Å². The molecule has 0 radical (unpaired) electrons. The summed E-state index contributed by atoms with van der Waals surface area (Å²) in [6.45, 7) is 16.0. The van der Waals surface area contributed by atoms with Crippen LogP contribution in [0.2, 0.25) is 0 Å². The van der Waals surface area contributed by atoms with Crippen LogP contribution in [-0.4, -0.2) is 24.1 Å². The van der Waals surface area contributed by atoms with Crippen LogP contribution in [0.5, 0.6) is 0 Å². The molecule has 4 aromatic carbocycles. The molecule has 3 aliphatic rings. The smallest absolute Gasteiger partial charge is 0.0632 e. The number of para-hydroxylation sites is 2. The second-order valence-corrected chi connectivity index (χ2v) is 16.1. The summed E-state index contributed by atoms with van der Waals surface area (Å²) in [4.78, 5) is 5.11. The summed E-state index contributed by atoms with van der Waals surface area (Å²) in [5.41, 5.74) is 18.6. The Hall–Kier alpha value is -5.00. The second-order valence-electron chi connectivity index (χ2n) is 16.1. The molecular weight excluding hydrogens is 647 g/mol. The third-order valence-electron chi connectivity index (χ3n) is 11.7. The van der Waals surface area contributed by atoms with E-state index in [0.29, 0.717) is 5.70 Å². The molecule has 0 aromatic heterocycles.